The molecule has 0 bridgehead atoms. The first-order valence-corrected chi connectivity index (χ1v) is 7.40. The van der Waals surface area contributed by atoms with Gasteiger partial charge in [0.2, 0.25) is 10.0 Å². The van der Waals surface area contributed by atoms with Crippen LogP contribution in [0.3, 0.4) is 0 Å². The Kier molecular flexibility index (Phi) is 4.14. The molecule has 0 aliphatic carbocycles. The van der Waals surface area contributed by atoms with Crippen LogP contribution in [0, 0.1) is 0 Å². The zero-order chi connectivity index (χ0) is 12.1. The molecule has 1 aromatic rings. The van der Waals surface area contributed by atoms with Crippen LogP contribution in [-0.4, -0.2) is 43.3 Å². The molecule has 1 saturated heterocycles. The van der Waals surface area contributed by atoms with E-state index in [9.17, 15) is 8.42 Å². The lowest BCUT2D eigenvalue weighted by molar-refractivity contribution is 0.489. The van der Waals surface area contributed by atoms with Gasteiger partial charge in [-0.3, -0.25) is 0 Å². The second kappa shape index (κ2) is 5.61. The van der Waals surface area contributed by atoms with E-state index in [0.29, 0.717) is 25.8 Å². The number of H-pyrrole nitrogens is 1. The van der Waals surface area contributed by atoms with Gasteiger partial charge in [-0.2, -0.15) is 0 Å². The molecule has 1 aliphatic heterocycles. The van der Waals surface area contributed by atoms with Crippen molar-refractivity contribution in [2.24, 2.45) is 0 Å². The fraction of sp³-hybridized carbons (Fsp3) is 0.700. The van der Waals surface area contributed by atoms with Crippen LogP contribution in [0.15, 0.2) is 12.4 Å². The molecule has 1 aliphatic rings. The third kappa shape index (κ3) is 3.52. The molecule has 7 heteroatoms. The normalized spacial score (nSPS) is 18.4. The zero-order valence-corrected chi connectivity index (χ0v) is 10.5. The second-order valence-corrected chi connectivity index (χ2v) is 6.22. The van der Waals surface area contributed by atoms with Crippen LogP contribution in [-0.2, 0) is 16.4 Å². The third-order valence-corrected chi connectivity index (χ3v) is 4.90. The molecule has 2 heterocycles. The Labute approximate surface area is 101 Å². The maximum absolute atomic E-state index is 11.9. The van der Waals surface area contributed by atoms with Crippen molar-refractivity contribution in [3.63, 3.8) is 0 Å². The SMILES string of the molecule is O=S(=O)(NCCc1ncc[nH]1)C1CCNCC1. The highest BCUT2D eigenvalue weighted by Gasteiger charge is 2.26. The molecule has 1 fully saturated rings. The van der Waals surface area contributed by atoms with Crippen molar-refractivity contribution in [3.05, 3.63) is 18.2 Å². The third-order valence-electron chi connectivity index (χ3n) is 2.94. The van der Waals surface area contributed by atoms with Gasteiger partial charge in [-0.1, -0.05) is 0 Å². The van der Waals surface area contributed by atoms with Gasteiger partial charge in [0.25, 0.3) is 0 Å². The molecule has 0 spiro atoms. The Balaban J connectivity index is 1.80. The summed E-state index contributed by atoms with van der Waals surface area (Å²) in [6.45, 7) is 1.97. The summed E-state index contributed by atoms with van der Waals surface area (Å²) >= 11 is 0. The van der Waals surface area contributed by atoms with Gasteiger partial charge >= 0.3 is 0 Å². The Bertz CT molecular complexity index is 423. The van der Waals surface area contributed by atoms with Crippen molar-refractivity contribution in [1.29, 1.82) is 0 Å². The van der Waals surface area contributed by atoms with Crippen molar-refractivity contribution in [3.8, 4) is 0 Å². The van der Waals surface area contributed by atoms with Crippen LogP contribution in [0.25, 0.3) is 0 Å². The number of aromatic amines is 1. The van der Waals surface area contributed by atoms with Crippen molar-refractivity contribution < 1.29 is 8.42 Å². The van der Waals surface area contributed by atoms with Gasteiger partial charge in [-0.15, -0.1) is 0 Å². The first-order chi connectivity index (χ1) is 8.18. The van der Waals surface area contributed by atoms with Gasteiger partial charge in [0, 0.05) is 25.4 Å². The monoisotopic (exact) mass is 258 g/mol. The molecule has 0 radical (unpaired) electrons. The number of piperidine rings is 1. The van der Waals surface area contributed by atoms with E-state index in [-0.39, 0.29) is 5.25 Å². The number of aromatic nitrogens is 2. The first kappa shape index (κ1) is 12.5. The predicted molar refractivity (Wildman–Crippen MR) is 65.1 cm³/mol. The number of hydrogen-bond acceptors (Lipinski definition) is 4. The summed E-state index contributed by atoms with van der Waals surface area (Å²) in [6.07, 6.45) is 5.37. The van der Waals surface area contributed by atoms with Crippen molar-refractivity contribution >= 4 is 10.0 Å². The fourth-order valence-electron chi connectivity index (χ4n) is 1.97. The van der Waals surface area contributed by atoms with Gasteiger partial charge in [-0.25, -0.2) is 18.1 Å². The van der Waals surface area contributed by atoms with Gasteiger partial charge < -0.3 is 10.3 Å². The number of hydrogen-bond donors (Lipinski definition) is 3. The van der Waals surface area contributed by atoms with E-state index < -0.39 is 10.0 Å². The summed E-state index contributed by atoms with van der Waals surface area (Å²) in [7, 11) is -3.17. The molecule has 17 heavy (non-hydrogen) atoms. The minimum atomic E-state index is -3.17. The van der Waals surface area contributed by atoms with E-state index in [0.717, 1.165) is 18.9 Å². The number of nitrogens with one attached hydrogen (secondary N) is 3. The molecule has 0 saturated carbocycles. The lowest BCUT2D eigenvalue weighted by Gasteiger charge is -2.22. The van der Waals surface area contributed by atoms with E-state index in [1.807, 2.05) is 0 Å². The van der Waals surface area contributed by atoms with Crippen molar-refractivity contribution in [1.82, 2.24) is 20.0 Å². The van der Waals surface area contributed by atoms with Crippen LogP contribution in [0.4, 0.5) is 0 Å². The fourth-order valence-corrected chi connectivity index (χ4v) is 3.45. The van der Waals surface area contributed by atoms with Gasteiger partial charge in [-0.05, 0) is 25.9 Å². The average molecular weight is 258 g/mol. The summed E-state index contributed by atoms with van der Waals surface area (Å²) in [5.41, 5.74) is 0. The summed E-state index contributed by atoms with van der Waals surface area (Å²) in [6, 6.07) is 0. The van der Waals surface area contributed by atoms with E-state index >= 15 is 0 Å². The van der Waals surface area contributed by atoms with E-state index in [2.05, 4.69) is 20.0 Å². The average Bonchev–Trinajstić information content (AvgIpc) is 2.83. The maximum atomic E-state index is 11.9. The molecule has 0 aromatic carbocycles. The molecular formula is C10H18N4O2S. The zero-order valence-electron chi connectivity index (χ0n) is 9.65. The first-order valence-electron chi connectivity index (χ1n) is 5.86. The standard InChI is InChI=1S/C10H18N4O2S/c15-17(16,9-1-4-11-5-2-9)14-6-3-10-12-7-8-13-10/h7-9,11,14H,1-6H2,(H,12,13). The summed E-state index contributed by atoms with van der Waals surface area (Å²) < 4.78 is 26.5. The predicted octanol–water partition coefficient (Wildman–Crippen LogP) is -0.376. The van der Waals surface area contributed by atoms with Crippen molar-refractivity contribution in [2.75, 3.05) is 19.6 Å². The van der Waals surface area contributed by atoms with Crippen molar-refractivity contribution in [2.45, 2.75) is 24.5 Å². The van der Waals surface area contributed by atoms with Crippen LogP contribution in [0.5, 0.6) is 0 Å². The smallest absolute Gasteiger partial charge is 0.214 e. The van der Waals surface area contributed by atoms with E-state index in [4.69, 9.17) is 0 Å². The highest BCUT2D eigenvalue weighted by atomic mass is 32.2. The molecular weight excluding hydrogens is 240 g/mol. The lowest BCUT2D eigenvalue weighted by Crippen LogP contribution is -2.42. The molecule has 96 valence electrons. The minimum Gasteiger partial charge on any atom is -0.349 e. The highest BCUT2D eigenvalue weighted by molar-refractivity contribution is 7.90. The molecule has 6 nitrogen and oxygen atoms in total. The molecule has 2 rings (SSSR count). The largest absolute Gasteiger partial charge is 0.349 e. The number of sulfonamides is 1. The number of imidazole rings is 1. The lowest BCUT2D eigenvalue weighted by atomic mass is 10.2. The highest BCUT2D eigenvalue weighted by Crippen LogP contribution is 2.11. The van der Waals surface area contributed by atoms with Gasteiger partial charge in [0.05, 0.1) is 5.25 Å². The van der Waals surface area contributed by atoms with Crippen LogP contribution in [0.2, 0.25) is 0 Å². The minimum absolute atomic E-state index is 0.250. The second-order valence-electron chi connectivity index (χ2n) is 4.17. The van der Waals surface area contributed by atoms with E-state index in [1.165, 1.54) is 0 Å². The number of nitrogens with zero attached hydrogens (tertiary/aromatic N) is 1. The van der Waals surface area contributed by atoms with Crippen LogP contribution < -0.4 is 10.0 Å². The van der Waals surface area contributed by atoms with Crippen LogP contribution >= 0.6 is 0 Å². The maximum Gasteiger partial charge on any atom is 0.214 e. The molecule has 0 atom stereocenters. The quantitative estimate of drug-likeness (QED) is 0.672. The Hall–Kier alpha value is -0.920. The Morgan fingerprint density at radius 3 is 2.82 bits per heavy atom. The molecule has 0 unspecified atom stereocenters. The summed E-state index contributed by atoms with van der Waals surface area (Å²) in [5, 5.41) is 2.91. The molecule has 3 N–H and O–H groups in total. The van der Waals surface area contributed by atoms with Crippen LogP contribution in [0.1, 0.15) is 18.7 Å². The summed E-state index contributed by atoms with van der Waals surface area (Å²) in [4.78, 5) is 6.99. The Morgan fingerprint density at radius 2 is 2.18 bits per heavy atom. The number of rotatable bonds is 5. The molecule has 1 aromatic heterocycles. The van der Waals surface area contributed by atoms with E-state index in [1.54, 1.807) is 12.4 Å². The topological polar surface area (TPSA) is 86.9 Å². The molecule has 0 amide bonds. The van der Waals surface area contributed by atoms with Gasteiger partial charge in [0.1, 0.15) is 5.82 Å². The summed E-state index contributed by atoms with van der Waals surface area (Å²) in [5.74, 6) is 0.804. The Morgan fingerprint density at radius 1 is 1.41 bits per heavy atom. The van der Waals surface area contributed by atoms with Gasteiger partial charge in [0.15, 0.2) is 0 Å².